The molecule has 0 unspecified atom stereocenters. The molecule has 0 spiro atoms. The zero-order valence-electron chi connectivity index (χ0n) is 25.3. The number of aryl methyl sites for hydroxylation is 1. The zero-order valence-corrected chi connectivity index (χ0v) is 25.3. The molecule has 48 heavy (non-hydrogen) atoms. The molecule has 2 aromatic heterocycles. The van der Waals surface area contributed by atoms with Gasteiger partial charge in [0.05, 0.1) is 27.6 Å². The number of nitro groups is 2. The number of nitrogens with zero attached hydrogens (tertiary/aromatic N) is 4. The predicted molar refractivity (Wildman–Crippen MR) is 173 cm³/mol. The number of fused-ring (bicyclic) bond motifs is 2. The molecule has 0 fully saturated rings. The molecule has 6 aromatic rings. The first-order valence-electron chi connectivity index (χ1n) is 14.3. The number of carbonyl (C=O) groups excluding carboxylic acids is 1. The number of rotatable bonds is 10. The number of carboxylic acids is 1. The molecule has 0 aliphatic heterocycles. The van der Waals surface area contributed by atoms with Crippen LogP contribution in [0, 0.1) is 20.2 Å². The summed E-state index contributed by atoms with van der Waals surface area (Å²) in [6, 6.07) is 20.0. The minimum Gasteiger partial charge on any atom is -0.478 e. The Kier molecular flexibility index (Phi) is 9.54. The van der Waals surface area contributed by atoms with E-state index in [2.05, 4.69) is 20.6 Å². The van der Waals surface area contributed by atoms with Gasteiger partial charge in [0.2, 0.25) is 0 Å². The molecule has 0 aliphatic carbocycles. The van der Waals surface area contributed by atoms with Crippen LogP contribution in [0.5, 0.6) is 0 Å². The van der Waals surface area contributed by atoms with Crippen LogP contribution in [-0.2, 0) is 11.2 Å². The largest absolute Gasteiger partial charge is 0.478 e. The summed E-state index contributed by atoms with van der Waals surface area (Å²) in [5.74, 6) is -1.44. The van der Waals surface area contributed by atoms with E-state index in [1.54, 1.807) is 43.3 Å². The number of nitrogens with one attached hydrogen (secondary N) is 2. The standard InChI is InChI=1S/2C16H13N3O5/c1-2-23-15(20)10-3-8-14-13(9-10)18-16(24-14)17-11-4-6-12(7-5-11)19(21)22;1-2-11-12(15(20)21)7-8-13-14(11)18-16(24-13)17-9-3-5-10(6-4-9)19(22)23/h3-9H,2H2,1H3,(H,17,18);3-8H,2H2,1H3,(H,17,18)(H,20,21). The van der Waals surface area contributed by atoms with E-state index >= 15 is 0 Å². The second-order valence-corrected chi connectivity index (χ2v) is 9.90. The minimum atomic E-state index is -1.01. The van der Waals surface area contributed by atoms with Crippen molar-refractivity contribution in [3.8, 4) is 0 Å². The lowest BCUT2D eigenvalue weighted by Crippen LogP contribution is -2.03. The Morgan fingerprint density at radius 2 is 1.33 bits per heavy atom. The van der Waals surface area contributed by atoms with Crippen LogP contribution in [0.25, 0.3) is 22.2 Å². The summed E-state index contributed by atoms with van der Waals surface area (Å²) in [4.78, 5) is 51.9. The van der Waals surface area contributed by atoms with E-state index in [9.17, 15) is 34.9 Å². The maximum absolute atomic E-state index is 11.7. The number of carboxylic acid groups (broad SMARTS) is 1. The van der Waals surface area contributed by atoms with Gasteiger partial charge < -0.3 is 29.3 Å². The Bertz CT molecular complexity index is 2140. The third-order valence-electron chi connectivity index (χ3n) is 6.81. The Balaban J connectivity index is 0.000000188. The van der Waals surface area contributed by atoms with Gasteiger partial charge in [-0.1, -0.05) is 6.92 Å². The molecule has 4 aromatic carbocycles. The molecular weight excluding hydrogens is 628 g/mol. The quantitative estimate of drug-likeness (QED) is 0.0743. The first-order chi connectivity index (χ1) is 23.1. The van der Waals surface area contributed by atoms with Crippen molar-refractivity contribution in [1.82, 2.24) is 9.97 Å². The zero-order chi connectivity index (χ0) is 34.4. The van der Waals surface area contributed by atoms with Crippen molar-refractivity contribution in [2.45, 2.75) is 20.3 Å². The van der Waals surface area contributed by atoms with E-state index in [-0.39, 0.29) is 29.0 Å². The van der Waals surface area contributed by atoms with Crippen LogP contribution in [0.3, 0.4) is 0 Å². The molecule has 0 atom stereocenters. The summed E-state index contributed by atoms with van der Waals surface area (Å²) < 4.78 is 16.1. The Morgan fingerprint density at radius 3 is 1.85 bits per heavy atom. The summed E-state index contributed by atoms with van der Waals surface area (Å²) >= 11 is 0. The van der Waals surface area contributed by atoms with Crippen LogP contribution in [-0.4, -0.2) is 43.5 Å². The van der Waals surface area contributed by atoms with Gasteiger partial charge in [0.25, 0.3) is 23.4 Å². The lowest BCUT2D eigenvalue weighted by molar-refractivity contribution is -0.385. The third-order valence-corrected chi connectivity index (χ3v) is 6.81. The number of anilines is 4. The summed E-state index contributed by atoms with van der Waals surface area (Å²) in [6.45, 7) is 3.88. The number of non-ortho nitro benzene ring substituents is 2. The number of ether oxygens (including phenoxy) is 1. The number of aromatic nitrogens is 2. The van der Waals surface area contributed by atoms with E-state index in [0.29, 0.717) is 57.7 Å². The van der Waals surface area contributed by atoms with Crippen molar-refractivity contribution >= 4 is 68.9 Å². The fourth-order valence-corrected chi connectivity index (χ4v) is 4.56. The molecule has 244 valence electrons. The highest BCUT2D eigenvalue weighted by Gasteiger charge is 2.17. The normalized spacial score (nSPS) is 10.6. The predicted octanol–water partition coefficient (Wildman–Crippen LogP) is 7.40. The Morgan fingerprint density at radius 1 is 0.792 bits per heavy atom. The van der Waals surface area contributed by atoms with Gasteiger partial charge in [-0.25, -0.2) is 9.59 Å². The SMILES string of the molecule is CCOC(=O)c1ccc2oc(Nc3ccc([N+](=O)[O-])cc3)nc2c1.CCc1c(C(=O)O)ccc2oc(Nc3ccc([N+](=O)[O-])cc3)nc12. The highest BCUT2D eigenvalue weighted by Crippen LogP contribution is 2.28. The third kappa shape index (κ3) is 7.34. The van der Waals surface area contributed by atoms with Gasteiger partial charge in [-0.2, -0.15) is 9.97 Å². The fourth-order valence-electron chi connectivity index (χ4n) is 4.56. The second kappa shape index (κ2) is 14.1. The molecule has 0 saturated carbocycles. The van der Waals surface area contributed by atoms with Crippen LogP contribution in [0.4, 0.5) is 34.8 Å². The van der Waals surface area contributed by atoms with E-state index in [1.165, 1.54) is 42.5 Å². The molecule has 0 saturated heterocycles. The van der Waals surface area contributed by atoms with Crippen LogP contribution in [0.15, 0.2) is 87.7 Å². The fraction of sp³-hybridized carbons (Fsp3) is 0.125. The number of nitro benzene ring substituents is 2. The average Bonchev–Trinajstić information content (AvgIpc) is 3.67. The van der Waals surface area contributed by atoms with Gasteiger partial charge >= 0.3 is 11.9 Å². The molecule has 2 heterocycles. The molecule has 0 radical (unpaired) electrons. The second-order valence-electron chi connectivity index (χ2n) is 9.90. The van der Waals surface area contributed by atoms with Crippen molar-refractivity contribution in [1.29, 1.82) is 0 Å². The number of esters is 1. The van der Waals surface area contributed by atoms with Crippen molar-refractivity contribution in [3.05, 3.63) is 116 Å². The van der Waals surface area contributed by atoms with Gasteiger partial charge in [-0.3, -0.25) is 20.2 Å². The van der Waals surface area contributed by atoms with Gasteiger partial charge in [-0.15, -0.1) is 0 Å². The average molecular weight is 655 g/mol. The molecule has 6 rings (SSSR count). The molecular formula is C32H26N6O10. The van der Waals surface area contributed by atoms with Crippen LogP contribution < -0.4 is 10.6 Å². The first-order valence-corrected chi connectivity index (χ1v) is 14.3. The lowest BCUT2D eigenvalue weighted by Gasteiger charge is -2.02. The van der Waals surface area contributed by atoms with Crippen molar-refractivity contribution in [2.75, 3.05) is 17.2 Å². The minimum absolute atomic E-state index is 0.00260. The van der Waals surface area contributed by atoms with Crippen molar-refractivity contribution < 1.29 is 38.1 Å². The number of carbonyl (C=O) groups is 2. The van der Waals surface area contributed by atoms with Crippen LogP contribution in [0.2, 0.25) is 0 Å². The van der Waals surface area contributed by atoms with Gasteiger partial charge in [0, 0.05) is 35.6 Å². The molecule has 0 bridgehead atoms. The number of aromatic carboxylic acids is 1. The first kappa shape index (κ1) is 32.6. The van der Waals surface area contributed by atoms with E-state index in [4.69, 9.17) is 13.6 Å². The molecule has 16 nitrogen and oxygen atoms in total. The van der Waals surface area contributed by atoms with Gasteiger partial charge in [0.15, 0.2) is 11.2 Å². The van der Waals surface area contributed by atoms with Gasteiger partial charge in [-0.05, 0) is 73.5 Å². The molecule has 0 amide bonds. The Hall–Kier alpha value is -6.84. The maximum atomic E-state index is 11.7. The topological polar surface area (TPSA) is 226 Å². The summed E-state index contributed by atoms with van der Waals surface area (Å²) in [6.07, 6.45) is 0.502. The maximum Gasteiger partial charge on any atom is 0.338 e. The lowest BCUT2D eigenvalue weighted by atomic mass is 10.0. The monoisotopic (exact) mass is 654 g/mol. The van der Waals surface area contributed by atoms with E-state index in [1.807, 2.05) is 6.92 Å². The molecule has 0 aliphatic rings. The smallest absolute Gasteiger partial charge is 0.338 e. The molecule has 16 heteroatoms. The van der Waals surface area contributed by atoms with Crippen LogP contribution >= 0.6 is 0 Å². The summed E-state index contributed by atoms with van der Waals surface area (Å²) in [7, 11) is 0. The van der Waals surface area contributed by atoms with Crippen molar-refractivity contribution in [2.24, 2.45) is 0 Å². The summed E-state index contributed by atoms with van der Waals surface area (Å²) in [5, 5.41) is 36.4. The van der Waals surface area contributed by atoms with Gasteiger partial charge in [0.1, 0.15) is 11.0 Å². The summed E-state index contributed by atoms with van der Waals surface area (Å²) in [5.41, 5.74) is 4.30. The highest BCUT2D eigenvalue weighted by molar-refractivity contribution is 5.96. The number of hydrogen-bond acceptors (Lipinski definition) is 13. The van der Waals surface area contributed by atoms with Crippen molar-refractivity contribution in [3.63, 3.8) is 0 Å². The van der Waals surface area contributed by atoms with E-state index < -0.39 is 21.8 Å². The number of benzene rings is 4. The number of oxazole rings is 2. The number of hydrogen-bond donors (Lipinski definition) is 3. The highest BCUT2D eigenvalue weighted by atomic mass is 16.6. The molecule has 3 N–H and O–H groups in total. The van der Waals surface area contributed by atoms with Crippen LogP contribution in [0.1, 0.15) is 40.1 Å². The van der Waals surface area contributed by atoms with E-state index in [0.717, 1.165) is 0 Å². The Labute approximate surface area is 270 Å².